The van der Waals surface area contributed by atoms with Crippen LogP contribution in [0.3, 0.4) is 0 Å². The number of benzene rings is 1. The standard InChI is InChI=1S/C21H33N7O3.C2H6/c1-13(2)9-19(30)25-14(3)7-8-15-5-4-6-16-10-17(28(12-29)20(15)16)21(31)24-11-18(22)26-27-23;1-2/h4-6,12-14,17,27H,7-11,23H2,1-3H3,(H2,22,26)(H,24,31)(H,25,30);1-2H3. The molecular weight excluding hydrogens is 422 g/mol. The number of carbonyl (C=O) groups excluding carboxylic acids is 3. The number of carbonyl (C=O) groups is 3. The van der Waals surface area contributed by atoms with Gasteiger partial charge in [-0.2, -0.15) is 5.10 Å². The lowest BCUT2D eigenvalue weighted by molar-refractivity contribution is -0.123. The fourth-order valence-electron chi connectivity index (χ4n) is 3.72. The number of hydrazine groups is 1. The van der Waals surface area contributed by atoms with Gasteiger partial charge in [0.2, 0.25) is 18.2 Å². The van der Waals surface area contributed by atoms with Crippen molar-refractivity contribution in [3.63, 3.8) is 0 Å². The van der Waals surface area contributed by atoms with Gasteiger partial charge in [-0.05, 0) is 36.8 Å². The van der Waals surface area contributed by atoms with Crippen LogP contribution in [-0.4, -0.2) is 42.7 Å². The molecule has 2 unspecified atom stereocenters. The zero-order chi connectivity index (χ0) is 25.0. The molecule has 10 nitrogen and oxygen atoms in total. The fourth-order valence-corrected chi connectivity index (χ4v) is 3.72. The molecule has 1 aromatic rings. The van der Waals surface area contributed by atoms with Gasteiger partial charge in [0.15, 0.2) is 0 Å². The number of rotatable bonds is 11. The molecule has 3 amide bonds. The van der Waals surface area contributed by atoms with E-state index in [1.165, 1.54) is 4.90 Å². The summed E-state index contributed by atoms with van der Waals surface area (Å²) in [6.45, 7) is 10.0. The van der Waals surface area contributed by atoms with Gasteiger partial charge >= 0.3 is 0 Å². The van der Waals surface area contributed by atoms with E-state index in [2.05, 4.69) is 21.3 Å². The third-order valence-corrected chi connectivity index (χ3v) is 5.13. The topological polar surface area (TPSA) is 155 Å². The van der Waals surface area contributed by atoms with Crippen molar-refractivity contribution >= 4 is 29.7 Å². The zero-order valence-electron chi connectivity index (χ0n) is 20.4. The van der Waals surface area contributed by atoms with E-state index in [0.29, 0.717) is 31.6 Å². The number of nitrogens with zero attached hydrogens (tertiary/aromatic N) is 2. The normalized spacial score (nSPS) is 15.8. The third kappa shape index (κ3) is 8.38. The Morgan fingerprint density at radius 3 is 2.58 bits per heavy atom. The summed E-state index contributed by atoms with van der Waals surface area (Å²) in [7, 11) is 0. The van der Waals surface area contributed by atoms with Crippen molar-refractivity contribution in [3.05, 3.63) is 29.3 Å². The van der Waals surface area contributed by atoms with E-state index in [0.717, 1.165) is 23.2 Å². The zero-order valence-corrected chi connectivity index (χ0v) is 20.4. The molecule has 1 heterocycles. The molecule has 0 saturated heterocycles. The first-order valence-corrected chi connectivity index (χ1v) is 11.5. The molecule has 0 radical (unpaired) electrons. The van der Waals surface area contributed by atoms with E-state index in [9.17, 15) is 14.4 Å². The minimum atomic E-state index is -0.657. The van der Waals surface area contributed by atoms with Crippen molar-refractivity contribution in [1.29, 1.82) is 0 Å². The van der Waals surface area contributed by atoms with E-state index < -0.39 is 6.04 Å². The van der Waals surface area contributed by atoms with E-state index in [-0.39, 0.29) is 30.2 Å². The van der Waals surface area contributed by atoms with Gasteiger partial charge in [0, 0.05) is 18.9 Å². The Bertz CT molecular complexity index is 826. The van der Waals surface area contributed by atoms with Gasteiger partial charge in [0.25, 0.3) is 0 Å². The predicted octanol–water partition coefficient (Wildman–Crippen LogP) is 0.935. The number of hydrazone groups is 1. The van der Waals surface area contributed by atoms with Crippen molar-refractivity contribution in [3.8, 4) is 0 Å². The Balaban J connectivity index is 0.00000265. The van der Waals surface area contributed by atoms with E-state index >= 15 is 0 Å². The van der Waals surface area contributed by atoms with Crippen molar-refractivity contribution < 1.29 is 14.4 Å². The Morgan fingerprint density at radius 2 is 1.97 bits per heavy atom. The van der Waals surface area contributed by atoms with Crippen molar-refractivity contribution in [1.82, 2.24) is 16.2 Å². The number of amides is 3. The highest BCUT2D eigenvalue weighted by atomic mass is 16.2. The molecule has 7 N–H and O–H groups in total. The Labute approximate surface area is 196 Å². The first kappa shape index (κ1) is 27.9. The highest BCUT2D eigenvalue weighted by Crippen LogP contribution is 2.35. The van der Waals surface area contributed by atoms with E-state index in [4.69, 9.17) is 11.6 Å². The van der Waals surface area contributed by atoms with Gasteiger partial charge in [-0.3, -0.25) is 14.4 Å². The van der Waals surface area contributed by atoms with Crippen LogP contribution < -0.4 is 32.6 Å². The number of fused-ring (bicyclic) bond motifs is 1. The molecule has 1 aliphatic rings. The highest BCUT2D eigenvalue weighted by Gasteiger charge is 2.35. The maximum absolute atomic E-state index is 12.7. The molecule has 0 bridgehead atoms. The summed E-state index contributed by atoms with van der Waals surface area (Å²) in [6.07, 6.45) is 3.00. The van der Waals surface area contributed by atoms with Crippen molar-refractivity contribution in [2.75, 3.05) is 11.4 Å². The van der Waals surface area contributed by atoms with E-state index in [1.54, 1.807) is 0 Å². The Morgan fingerprint density at radius 1 is 1.27 bits per heavy atom. The van der Waals surface area contributed by atoms with Crippen LogP contribution in [0.4, 0.5) is 5.69 Å². The summed E-state index contributed by atoms with van der Waals surface area (Å²) in [5.74, 6) is 5.22. The summed E-state index contributed by atoms with van der Waals surface area (Å²) < 4.78 is 0. The number of anilines is 1. The maximum Gasteiger partial charge on any atom is 0.243 e. The summed E-state index contributed by atoms with van der Waals surface area (Å²) in [5.41, 5.74) is 10.4. The Kier molecular flexibility index (Phi) is 11.9. The first-order chi connectivity index (χ1) is 15.8. The number of para-hydroxylation sites is 1. The number of nitrogens with two attached hydrogens (primary N) is 2. The molecule has 33 heavy (non-hydrogen) atoms. The summed E-state index contributed by atoms with van der Waals surface area (Å²) in [4.78, 5) is 38.0. The minimum absolute atomic E-state index is 0.00528. The smallest absolute Gasteiger partial charge is 0.243 e. The molecule has 0 fully saturated rings. The highest BCUT2D eigenvalue weighted by molar-refractivity contribution is 5.98. The van der Waals surface area contributed by atoms with Crippen LogP contribution in [0.25, 0.3) is 0 Å². The minimum Gasteiger partial charge on any atom is -0.384 e. The number of aryl methyl sites for hydroxylation is 1. The van der Waals surface area contributed by atoms with Gasteiger partial charge < -0.3 is 21.3 Å². The van der Waals surface area contributed by atoms with Crippen LogP contribution in [0.2, 0.25) is 0 Å². The first-order valence-electron chi connectivity index (χ1n) is 11.5. The van der Waals surface area contributed by atoms with Gasteiger partial charge in [-0.25, -0.2) is 11.4 Å². The van der Waals surface area contributed by atoms with Crippen LogP contribution in [-0.2, 0) is 27.2 Å². The molecular formula is C23H39N7O3. The predicted molar refractivity (Wildman–Crippen MR) is 131 cm³/mol. The molecule has 2 rings (SSSR count). The molecule has 10 heteroatoms. The lowest BCUT2D eigenvalue weighted by atomic mass is 10.0. The third-order valence-electron chi connectivity index (χ3n) is 5.13. The number of amidine groups is 1. The largest absolute Gasteiger partial charge is 0.384 e. The Hall–Kier alpha value is -3.14. The number of nitrogens with one attached hydrogen (secondary N) is 3. The SMILES string of the molecule is CC.CC(C)CC(=O)NC(C)CCc1cccc2c1N(C=O)C(C(=O)NC/C(N)=N/NN)C2. The van der Waals surface area contributed by atoms with Gasteiger partial charge in [0.1, 0.15) is 11.9 Å². The second kappa shape index (κ2) is 14.1. The lowest BCUT2D eigenvalue weighted by Gasteiger charge is -2.22. The second-order valence-electron chi connectivity index (χ2n) is 8.21. The summed E-state index contributed by atoms with van der Waals surface area (Å²) in [5, 5.41) is 9.28. The maximum atomic E-state index is 12.7. The monoisotopic (exact) mass is 461 g/mol. The van der Waals surface area contributed by atoms with Crippen LogP contribution >= 0.6 is 0 Å². The molecule has 0 aromatic heterocycles. The van der Waals surface area contributed by atoms with Gasteiger partial charge in [0.05, 0.1) is 12.2 Å². The van der Waals surface area contributed by atoms with Crippen LogP contribution in [0.1, 0.15) is 58.6 Å². The quantitative estimate of drug-likeness (QED) is 0.109. The molecule has 1 aromatic carbocycles. The van der Waals surface area contributed by atoms with Gasteiger partial charge in [-0.15, -0.1) is 0 Å². The van der Waals surface area contributed by atoms with Crippen LogP contribution in [0.15, 0.2) is 23.3 Å². The molecule has 184 valence electrons. The van der Waals surface area contributed by atoms with Crippen molar-refractivity contribution in [2.24, 2.45) is 22.6 Å². The molecule has 2 atom stereocenters. The van der Waals surface area contributed by atoms with E-state index in [1.807, 2.05) is 52.8 Å². The number of hydrogen-bond donors (Lipinski definition) is 5. The fraction of sp³-hybridized carbons (Fsp3) is 0.565. The lowest BCUT2D eigenvalue weighted by Crippen LogP contribution is -2.47. The second-order valence-corrected chi connectivity index (χ2v) is 8.21. The molecule has 0 aliphatic carbocycles. The van der Waals surface area contributed by atoms with Crippen LogP contribution in [0, 0.1) is 5.92 Å². The average molecular weight is 462 g/mol. The molecule has 1 aliphatic heterocycles. The molecule has 0 spiro atoms. The number of hydrogen-bond acceptors (Lipinski definition) is 6. The van der Waals surface area contributed by atoms with Gasteiger partial charge in [-0.1, -0.05) is 45.9 Å². The summed E-state index contributed by atoms with van der Waals surface area (Å²) >= 11 is 0. The molecule has 0 saturated carbocycles. The van der Waals surface area contributed by atoms with Crippen LogP contribution in [0.5, 0.6) is 0 Å². The van der Waals surface area contributed by atoms with Crippen molar-refractivity contribution in [2.45, 2.75) is 72.4 Å². The average Bonchev–Trinajstić information content (AvgIpc) is 3.16. The summed E-state index contributed by atoms with van der Waals surface area (Å²) in [6, 6.07) is 5.15.